The summed E-state index contributed by atoms with van der Waals surface area (Å²) in [6.07, 6.45) is 2.70. The molecule has 2 aliphatic carbocycles. The number of Topliss-reactive ketones (excluding diaryl/α,β-unsaturated/α-hetero) is 4. The van der Waals surface area contributed by atoms with E-state index in [0.29, 0.717) is 65.9 Å². The maximum absolute atomic E-state index is 14.5. The van der Waals surface area contributed by atoms with Crippen molar-refractivity contribution < 1.29 is 46.2 Å². The number of carbonyl (C=O) groups is 4. The van der Waals surface area contributed by atoms with E-state index in [2.05, 4.69) is 0 Å². The SMILES string of the molecule is CC1(C)Oc2cc3c(cc2-c2sc(/C=C4\C(=O)C(=O)c5c(F)cc(F)cc54)nc21)OC(C)(C)c1nc(/C=C2\C(=O)C(=O)c4c(F)cc(F)cc42)sc1-3. The average molecular weight is 741 g/mol. The van der Waals surface area contributed by atoms with Crippen LogP contribution >= 0.6 is 22.7 Å². The van der Waals surface area contributed by atoms with Gasteiger partial charge in [-0.25, -0.2) is 27.5 Å². The van der Waals surface area contributed by atoms with Crippen molar-refractivity contribution in [3.05, 3.63) is 103 Å². The van der Waals surface area contributed by atoms with E-state index >= 15 is 0 Å². The summed E-state index contributed by atoms with van der Waals surface area (Å²) in [5.74, 6) is -7.17. The fourth-order valence-corrected chi connectivity index (χ4v) is 9.35. The summed E-state index contributed by atoms with van der Waals surface area (Å²) in [6, 6.07) is 6.61. The quantitative estimate of drug-likeness (QED) is 0.101. The van der Waals surface area contributed by atoms with Crippen LogP contribution in [0, 0.1) is 23.3 Å². The second-order valence-corrected chi connectivity index (χ2v) is 15.6. The van der Waals surface area contributed by atoms with Gasteiger partial charge in [-0.3, -0.25) is 19.2 Å². The largest absolute Gasteiger partial charge is 0.481 e. The number of carbonyl (C=O) groups excluding carboxylic acids is 4. The van der Waals surface area contributed by atoms with Gasteiger partial charge in [0.1, 0.15) is 67.4 Å². The molecule has 8 nitrogen and oxygen atoms in total. The Balaban J connectivity index is 1.15. The first-order chi connectivity index (χ1) is 24.5. The summed E-state index contributed by atoms with van der Waals surface area (Å²) >= 11 is 2.41. The van der Waals surface area contributed by atoms with Crippen molar-refractivity contribution in [2.75, 3.05) is 0 Å². The molecule has 0 N–H and O–H groups in total. The molecule has 2 aromatic heterocycles. The highest BCUT2D eigenvalue weighted by molar-refractivity contribution is 7.16. The molecule has 52 heavy (non-hydrogen) atoms. The van der Waals surface area contributed by atoms with E-state index in [9.17, 15) is 36.7 Å². The van der Waals surface area contributed by atoms with Gasteiger partial charge in [0.05, 0.1) is 20.9 Å². The van der Waals surface area contributed by atoms with Gasteiger partial charge in [0.25, 0.3) is 0 Å². The lowest BCUT2D eigenvalue weighted by Crippen LogP contribution is -2.31. The molecule has 0 spiro atoms. The summed E-state index contributed by atoms with van der Waals surface area (Å²) < 4.78 is 70.2. The summed E-state index contributed by atoms with van der Waals surface area (Å²) in [5.41, 5.74) is -1.19. The molecule has 0 saturated carbocycles. The zero-order valence-corrected chi connectivity index (χ0v) is 28.9. The van der Waals surface area contributed by atoms with Crippen LogP contribution in [-0.2, 0) is 20.8 Å². The van der Waals surface area contributed by atoms with Crippen LogP contribution in [0.25, 0.3) is 44.2 Å². The highest BCUT2D eigenvalue weighted by atomic mass is 32.1. The summed E-state index contributed by atoms with van der Waals surface area (Å²) in [7, 11) is 0. The number of halogens is 4. The van der Waals surface area contributed by atoms with Gasteiger partial charge in [0.15, 0.2) is 0 Å². The monoisotopic (exact) mass is 740 g/mol. The molecule has 3 aromatic carbocycles. The maximum Gasteiger partial charge on any atom is 0.237 e. The molecule has 0 bridgehead atoms. The van der Waals surface area contributed by atoms with Crippen molar-refractivity contribution in [1.82, 2.24) is 9.97 Å². The van der Waals surface area contributed by atoms with E-state index in [0.717, 1.165) is 12.1 Å². The normalized spacial score (nSPS) is 18.8. The average Bonchev–Trinajstić information content (AvgIpc) is 3.79. The van der Waals surface area contributed by atoms with Gasteiger partial charge in [-0.05, 0) is 64.1 Å². The minimum atomic E-state index is -1.11. The van der Waals surface area contributed by atoms with E-state index in [1.165, 1.54) is 34.8 Å². The van der Waals surface area contributed by atoms with Crippen molar-refractivity contribution in [3.8, 4) is 32.4 Å². The maximum atomic E-state index is 14.5. The number of ketones is 4. The Morgan fingerprint density at radius 3 is 1.33 bits per heavy atom. The Morgan fingerprint density at radius 1 is 0.558 bits per heavy atom. The zero-order chi connectivity index (χ0) is 36.8. The third-order valence-corrected chi connectivity index (χ3v) is 11.4. The van der Waals surface area contributed by atoms with Crippen LogP contribution in [0.2, 0.25) is 0 Å². The van der Waals surface area contributed by atoms with Gasteiger partial charge >= 0.3 is 0 Å². The van der Waals surface area contributed by atoms with E-state index in [1.54, 1.807) is 39.8 Å². The molecule has 0 fully saturated rings. The highest BCUT2D eigenvalue weighted by Gasteiger charge is 2.43. The molecule has 4 aliphatic rings. The number of hydrogen-bond acceptors (Lipinski definition) is 10. The first-order valence-corrected chi connectivity index (χ1v) is 17.4. The topological polar surface area (TPSA) is 113 Å². The van der Waals surface area contributed by atoms with E-state index in [-0.39, 0.29) is 22.3 Å². The fourth-order valence-electron chi connectivity index (χ4n) is 6.99. The number of benzene rings is 3. The Morgan fingerprint density at radius 2 is 0.942 bits per heavy atom. The van der Waals surface area contributed by atoms with Crippen LogP contribution in [0.15, 0.2) is 36.4 Å². The second-order valence-electron chi connectivity index (χ2n) is 13.6. The molecule has 2 aliphatic heterocycles. The van der Waals surface area contributed by atoms with Crippen molar-refractivity contribution in [3.63, 3.8) is 0 Å². The standard InChI is InChI=1S/C38H20F4N2O6S2/c1-37(2)35-33(51-25(43-35)11-17-15-5-13(39)7-21(41)27(15)31(47)29(17)45)19-10-24-20(9-23(19)49-37)34-36(38(3,4)50-24)44-26(52-34)12-18-16-6-14(40)8-22(42)28(16)32(48)30(18)46/h5-12H,1-4H3/b17-11-,18-12-. The lowest BCUT2D eigenvalue weighted by molar-refractivity contribution is -0.110. The minimum absolute atomic E-state index is 0.135. The number of fused-ring (bicyclic) bond motifs is 8. The molecule has 0 unspecified atom stereocenters. The summed E-state index contributed by atoms with van der Waals surface area (Å²) in [4.78, 5) is 61.8. The van der Waals surface area contributed by atoms with Crippen LogP contribution in [0.3, 0.4) is 0 Å². The fraction of sp³-hybridized carbons (Fsp3) is 0.158. The lowest BCUT2D eigenvalue weighted by Gasteiger charge is -2.35. The highest BCUT2D eigenvalue weighted by Crippen LogP contribution is 2.55. The van der Waals surface area contributed by atoms with Gasteiger partial charge in [0, 0.05) is 45.5 Å². The number of thiazole rings is 2. The van der Waals surface area contributed by atoms with Crippen LogP contribution < -0.4 is 9.47 Å². The van der Waals surface area contributed by atoms with Crippen molar-refractivity contribution in [2.24, 2.45) is 0 Å². The van der Waals surface area contributed by atoms with E-state index in [1.807, 2.05) is 0 Å². The second kappa shape index (κ2) is 10.5. The molecule has 258 valence electrons. The van der Waals surface area contributed by atoms with Gasteiger partial charge in [-0.1, -0.05) is 0 Å². The number of aromatic nitrogens is 2. The first kappa shape index (κ1) is 32.3. The molecular formula is C38H20F4N2O6S2. The van der Waals surface area contributed by atoms with Crippen molar-refractivity contribution in [2.45, 2.75) is 38.9 Å². The van der Waals surface area contributed by atoms with Crippen LogP contribution in [-0.4, -0.2) is 33.1 Å². The van der Waals surface area contributed by atoms with Crippen LogP contribution in [0.1, 0.15) is 80.9 Å². The van der Waals surface area contributed by atoms with Gasteiger partial charge in [0.2, 0.25) is 23.1 Å². The molecule has 0 radical (unpaired) electrons. The van der Waals surface area contributed by atoms with E-state index in [4.69, 9.17) is 19.4 Å². The molecule has 0 atom stereocenters. The van der Waals surface area contributed by atoms with Gasteiger partial charge in [-0.2, -0.15) is 0 Å². The Hall–Kier alpha value is -5.60. The molecule has 9 rings (SSSR count). The molecule has 0 saturated heterocycles. The third-order valence-electron chi connectivity index (χ3n) is 9.31. The van der Waals surface area contributed by atoms with Crippen molar-refractivity contribution >= 4 is 69.1 Å². The number of ether oxygens (including phenoxy) is 2. The Bertz CT molecular complexity index is 2490. The van der Waals surface area contributed by atoms with Crippen LogP contribution in [0.4, 0.5) is 17.6 Å². The summed E-state index contributed by atoms with van der Waals surface area (Å²) in [5, 5.41) is 0.622. The smallest absolute Gasteiger partial charge is 0.237 e. The Kier molecular flexibility index (Phi) is 6.51. The minimum Gasteiger partial charge on any atom is -0.481 e. The Labute approximate surface area is 299 Å². The predicted octanol–water partition coefficient (Wildman–Crippen LogP) is 8.36. The molecular weight excluding hydrogens is 721 g/mol. The van der Waals surface area contributed by atoms with Crippen molar-refractivity contribution in [1.29, 1.82) is 0 Å². The number of hydrogen-bond donors (Lipinski definition) is 0. The first-order valence-electron chi connectivity index (χ1n) is 15.7. The van der Waals surface area contributed by atoms with Crippen LogP contribution in [0.5, 0.6) is 11.5 Å². The lowest BCUT2D eigenvalue weighted by atomic mass is 9.92. The molecule has 4 heterocycles. The molecule has 5 aromatic rings. The van der Waals surface area contributed by atoms with E-state index < -0.39 is 68.7 Å². The number of rotatable bonds is 2. The molecule has 14 heteroatoms. The summed E-state index contributed by atoms with van der Waals surface area (Å²) in [6.45, 7) is 7.22. The van der Waals surface area contributed by atoms with Gasteiger partial charge < -0.3 is 9.47 Å². The number of nitrogens with zero attached hydrogens (tertiary/aromatic N) is 2. The zero-order valence-electron chi connectivity index (χ0n) is 27.3. The predicted molar refractivity (Wildman–Crippen MR) is 183 cm³/mol. The number of allylic oxidation sites excluding steroid dienone is 2. The van der Waals surface area contributed by atoms with Gasteiger partial charge in [-0.15, -0.1) is 22.7 Å². The molecule has 0 amide bonds. The third kappa shape index (κ3) is 4.50.